The standard InChI is InChI=1S/C12H20N2OS/c1-3-15-12(9-4-5-9)11(13-2)6-10-7-14-8-16-10/h7-9,11-13H,3-6H2,1-2H3. The molecule has 2 atom stereocenters. The zero-order chi connectivity index (χ0) is 11.4. The van der Waals surface area contributed by atoms with E-state index in [4.69, 9.17) is 4.74 Å². The first kappa shape index (κ1) is 12.0. The second-order valence-corrected chi connectivity index (χ2v) is 5.30. The van der Waals surface area contributed by atoms with Gasteiger partial charge in [-0.3, -0.25) is 4.98 Å². The zero-order valence-corrected chi connectivity index (χ0v) is 10.8. The summed E-state index contributed by atoms with van der Waals surface area (Å²) in [5.74, 6) is 0.769. The number of nitrogens with zero attached hydrogens (tertiary/aromatic N) is 1. The van der Waals surface area contributed by atoms with Crippen LogP contribution in [0.15, 0.2) is 11.7 Å². The summed E-state index contributed by atoms with van der Waals surface area (Å²) < 4.78 is 5.89. The maximum Gasteiger partial charge on any atom is 0.0794 e. The van der Waals surface area contributed by atoms with Crippen molar-refractivity contribution in [2.24, 2.45) is 5.92 Å². The summed E-state index contributed by atoms with van der Waals surface area (Å²) in [4.78, 5) is 5.46. The van der Waals surface area contributed by atoms with Crippen molar-refractivity contribution in [1.82, 2.24) is 10.3 Å². The number of ether oxygens (including phenoxy) is 1. The van der Waals surface area contributed by atoms with Crippen molar-refractivity contribution < 1.29 is 4.74 Å². The van der Waals surface area contributed by atoms with Crippen molar-refractivity contribution in [3.63, 3.8) is 0 Å². The van der Waals surface area contributed by atoms with Crippen LogP contribution in [0, 0.1) is 5.92 Å². The van der Waals surface area contributed by atoms with Crippen LogP contribution in [0.3, 0.4) is 0 Å². The van der Waals surface area contributed by atoms with Crippen molar-refractivity contribution in [2.45, 2.75) is 38.3 Å². The number of thiazole rings is 1. The van der Waals surface area contributed by atoms with Gasteiger partial charge >= 0.3 is 0 Å². The molecule has 1 fully saturated rings. The van der Waals surface area contributed by atoms with Crippen molar-refractivity contribution in [1.29, 1.82) is 0 Å². The molecule has 2 unspecified atom stereocenters. The third-order valence-electron chi connectivity index (χ3n) is 3.12. The number of hydrogen-bond donors (Lipinski definition) is 1. The van der Waals surface area contributed by atoms with E-state index in [0.717, 1.165) is 18.9 Å². The summed E-state index contributed by atoms with van der Waals surface area (Å²) >= 11 is 1.73. The van der Waals surface area contributed by atoms with Gasteiger partial charge in [-0.15, -0.1) is 11.3 Å². The normalized spacial score (nSPS) is 19.6. The number of hydrogen-bond acceptors (Lipinski definition) is 4. The molecule has 1 N–H and O–H groups in total. The lowest BCUT2D eigenvalue weighted by atomic mass is 10.0. The highest BCUT2D eigenvalue weighted by Gasteiger charge is 2.36. The minimum Gasteiger partial charge on any atom is -0.377 e. The van der Waals surface area contributed by atoms with Crippen molar-refractivity contribution in [3.8, 4) is 0 Å². The first-order valence-corrected chi connectivity index (χ1v) is 6.89. The Morgan fingerprint density at radius 3 is 2.94 bits per heavy atom. The van der Waals surface area contributed by atoms with Crippen LogP contribution >= 0.6 is 11.3 Å². The third-order valence-corrected chi connectivity index (χ3v) is 3.92. The monoisotopic (exact) mass is 240 g/mol. The maximum atomic E-state index is 5.89. The second-order valence-electron chi connectivity index (χ2n) is 4.32. The molecule has 1 aromatic rings. The maximum absolute atomic E-state index is 5.89. The molecule has 1 saturated carbocycles. The Hall–Kier alpha value is -0.450. The molecule has 0 aromatic carbocycles. The average Bonchev–Trinajstić information content (AvgIpc) is 3.01. The fourth-order valence-corrected chi connectivity index (χ4v) is 2.79. The molecule has 90 valence electrons. The Bertz CT molecular complexity index is 298. The molecule has 0 radical (unpaired) electrons. The van der Waals surface area contributed by atoms with E-state index >= 15 is 0 Å². The Kier molecular flexibility index (Phi) is 4.32. The van der Waals surface area contributed by atoms with E-state index in [1.54, 1.807) is 11.3 Å². The molecule has 0 aliphatic heterocycles. The lowest BCUT2D eigenvalue weighted by molar-refractivity contribution is 0.0213. The van der Waals surface area contributed by atoms with Gasteiger partial charge in [0.1, 0.15) is 0 Å². The molecular formula is C12H20N2OS. The number of likely N-dealkylation sites (N-methyl/N-ethyl adjacent to an activating group) is 1. The van der Waals surface area contributed by atoms with Gasteiger partial charge in [0.15, 0.2) is 0 Å². The minimum absolute atomic E-state index is 0.372. The van der Waals surface area contributed by atoms with Gasteiger partial charge in [-0.25, -0.2) is 0 Å². The first-order chi connectivity index (χ1) is 7.85. The summed E-state index contributed by atoms with van der Waals surface area (Å²) in [5.41, 5.74) is 1.90. The van der Waals surface area contributed by atoms with E-state index in [9.17, 15) is 0 Å². The predicted molar refractivity (Wildman–Crippen MR) is 66.8 cm³/mol. The molecule has 0 amide bonds. The average molecular weight is 240 g/mol. The van der Waals surface area contributed by atoms with E-state index in [0.29, 0.717) is 12.1 Å². The van der Waals surface area contributed by atoms with E-state index < -0.39 is 0 Å². The molecule has 1 aromatic heterocycles. The molecular weight excluding hydrogens is 220 g/mol. The van der Waals surface area contributed by atoms with Gasteiger partial charge in [-0.05, 0) is 32.7 Å². The molecule has 1 aliphatic carbocycles. The summed E-state index contributed by atoms with van der Waals surface area (Å²) in [6.45, 7) is 2.89. The first-order valence-electron chi connectivity index (χ1n) is 6.01. The van der Waals surface area contributed by atoms with Crippen LogP contribution in [0.25, 0.3) is 0 Å². The van der Waals surface area contributed by atoms with Gasteiger partial charge in [0.05, 0.1) is 11.6 Å². The lowest BCUT2D eigenvalue weighted by Gasteiger charge is -2.26. The molecule has 3 nitrogen and oxygen atoms in total. The van der Waals surface area contributed by atoms with Gasteiger partial charge in [-0.2, -0.15) is 0 Å². The highest BCUT2D eigenvalue weighted by Crippen LogP contribution is 2.36. The molecule has 0 spiro atoms. The Morgan fingerprint density at radius 1 is 1.62 bits per heavy atom. The van der Waals surface area contributed by atoms with Crippen LogP contribution in [0.1, 0.15) is 24.6 Å². The highest BCUT2D eigenvalue weighted by atomic mass is 32.1. The summed E-state index contributed by atoms with van der Waals surface area (Å²) in [5, 5.41) is 3.40. The van der Waals surface area contributed by atoms with Crippen molar-refractivity contribution in [3.05, 3.63) is 16.6 Å². The van der Waals surface area contributed by atoms with Crippen molar-refractivity contribution in [2.75, 3.05) is 13.7 Å². The molecule has 4 heteroatoms. The smallest absolute Gasteiger partial charge is 0.0794 e. The van der Waals surface area contributed by atoms with Crippen LogP contribution in [-0.4, -0.2) is 30.8 Å². The lowest BCUT2D eigenvalue weighted by Crippen LogP contribution is -2.42. The highest BCUT2D eigenvalue weighted by molar-refractivity contribution is 7.09. The number of aromatic nitrogens is 1. The van der Waals surface area contributed by atoms with E-state index in [2.05, 4.69) is 17.2 Å². The van der Waals surface area contributed by atoms with Crippen LogP contribution < -0.4 is 5.32 Å². The largest absolute Gasteiger partial charge is 0.377 e. The molecule has 1 aliphatic rings. The Morgan fingerprint density at radius 2 is 2.44 bits per heavy atom. The molecule has 0 bridgehead atoms. The molecule has 16 heavy (non-hydrogen) atoms. The second kappa shape index (κ2) is 5.75. The number of nitrogens with one attached hydrogen (secondary N) is 1. The molecule has 2 rings (SSSR count). The van der Waals surface area contributed by atoms with E-state index in [1.807, 2.05) is 18.8 Å². The molecule has 1 heterocycles. The zero-order valence-electron chi connectivity index (χ0n) is 9.98. The van der Waals surface area contributed by atoms with Gasteiger partial charge in [0, 0.05) is 30.1 Å². The SMILES string of the molecule is CCOC(C1CC1)C(Cc1cncs1)NC. The van der Waals surface area contributed by atoms with Crippen LogP contribution in [0.2, 0.25) is 0 Å². The molecule has 0 saturated heterocycles. The van der Waals surface area contributed by atoms with Crippen molar-refractivity contribution >= 4 is 11.3 Å². The fraction of sp³-hybridized carbons (Fsp3) is 0.750. The topological polar surface area (TPSA) is 34.1 Å². The van der Waals surface area contributed by atoms with Crippen LogP contribution in [0.5, 0.6) is 0 Å². The number of rotatable bonds is 7. The van der Waals surface area contributed by atoms with E-state index in [-0.39, 0.29) is 0 Å². The predicted octanol–water partition coefficient (Wildman–Crippen LogP) is 2.09. The Labute approximate surface area is 101 Å². The Balaban J connectivity index is 1.95. The van der Waals surface area contributed by atoms with Gasteiger partial charge in [-0.1, -0.05) is 0 Å². The quantitative estimate of drug-likeness (QED) is 0.792. The fourth-order valence-electron chi connectivity index (χ4n) is 2.14. The van der Waals surface area contributed by atoms with Gasteiger partial charge in [0.25, 0.3) is 0 Å². The van der Waals surface area contributed by atoms with Gasteiger partial charge in [0.2, 0.25) is 0 Å². The van der Waals surface area contributed by atoms with Crippen LogP contribution in [0.4, 0.5) is 0 Å². The van der Waals surface area contributed by atoms with Gasteiger partial charge < -0.3 is 10.1 Å². The summed E-state index contributed by atoms with van der Waals surface area (Å²) in [7, 11) is 2.03. The van der Waals surface area contributed by atoms with E-state index in [1.165, 1.54) is 17.7 Å². The minimum atomic E-state index is 0.372. The summed E-state index contributed by atoms with van der Waals surface area (Å²) in [6, 6.07) is 0.424. The third kappa shape index (κ3) is 3.03. The summed E-state index contributed by atoms with van der Waals surface area (Å²) in [6.07, 6.45) is 6.02. The van der Waals surface area contributed by atoms with Crippen LogP contribution in [-0.2, 0) is 11.2 Å².